The molecule has 1 aliphatic heterocycles. The monoisotopic (exact) mass is 428 g/mol. The second-order valence-electron chi connectivity index (χ2n) is 6.62. The highest BCUT2D eigenvalue weighted by molar-refractivity contribution is 8.14. The van der Waals surface area contributed by atoms with Gasteiger partial charge in [0.1, 0.15) is 5.70 Å². The van der Waals surface area contributed by atoms with E-state index in [1.54, 1.807) is 37.4 Å². The fourth-order valence-electron chi connectivity index (χ4n) is 2.59. The van der Waals surface area contributed by atoms with Crippen LogP contribution in [0.4, 0.5) is 11.4 Å². The number of hydrogen-bond acceptors (Lipinski definition) is 5. The number of rotatable bonds is 5. The Morgan fingerprint density at radius 3 is 2.45 bits per heavy atom. The van der Waals surface area contributed by atoms with Crippen molar-refractivity contribution in [2.24, 2.45) is 4.99 Å². The molecule has 1 N–H and O–H groups in total. The Morgan fingerprint density at radius 2 is 1.83 bits per heavy atom. The summed E-state index contributed by atoms with van der Waals surface area (Å²) in [6.07, 6.45) is 1.75. The van der Waals surface area contributed by atoms with Crippen LogP contribution in [0.5, 0.6) is 0 Å². The van der Waals surface area contributed by atoms with Gasteiger partial charge in [-0.25, -0.2) is 4.99 Å². The number of anilines is 2. The average molecular weight is 429 g/mol. The van der Waals surface area contributed by atoms with Crippen LogP contribution in [0.2, 0.25) is 5.02 Å². The molecule has 2 aromatic rings. The molecular weight excluding hydrogens is 408 g/mol. The summed E-state index contributed by atoms with van der Waals surface area (Å²) in [4.78, 5) is 32.5. The highest BCUT2D eigenvalue weighted by Gasteiger charge is 2.27. The highest BCUT2D eigenvalue weighted by atomic mass is 35.5. The Labute approximate surface area is 179 Å². The fraction of sp³-hybridized carbons (Fsp3) is 0.190. The fourth-order valence-corrected chi connectivity index (χ4v) is 3.49. The maximum absolute atomic E-state index is 12.5. The van der Waals surface area contributed by atoms with Gasteiger partial charge in [-0.15, -0.1) is 0 Å². The zero-order valence-corrected chi connectivity index (χ0v) is 17.9. The van der Waals surface area contributed by atoms with Crippen molar-refractivity contribution in [2.75, 3.05) is 37.1 Å². The number of amides is 2. The van der Waals surface area contributed by atoms with Gasteiger partial charge in [-0.05, 0) is 48.0 Å². The van der Waals surface area contributed by atoms with E-state index in [0.717, 1.165) is 11.3 Å². The van der Waals surface area contributed by atoms with Gasteiger partial charge in [-0.3, -0.25) is 14.5 Å². The van der Waals surface area contributed by atoms with Crippen molar-refractivity contribution in [3.05, 3.63) is 64.8 Å². The molecule has 0 fully saturated rings. The molecule has 3 rings (SSSR count). The number of halogens is 1. The number of likely N-dealkylation sites (N-methyl/N-ethyl adjacent to an activating group) is 1. The predicted octanol–water partition coefficient (Wildman–Crippen LogP) is 3.95. The number of nitrogens with one attached hydrogen (secondary N) is 1. The second-order valence-corrected chi connectivity index (χ2v) is 8.00. The Hall–Kier alpha value is -2.77. The number of carbonyl (C=O) groups is 2. The molecule has 0 aromatic heterocycles. The van der Waals surface area contributed by atoms with Crippen LogP contribution in [-0.4, -0.2) is 48.8 Å². The lowest BCUT2D eigenvalue weighted by Crippen LogP contribution is -2.27. The van der Waals surface area contributed by atoms with E-state index in [1.165, 1.54) is 16.7 Å². The molecule has 2 amide bonds. The lowest BCUT2D eigenvalue weighted by molar-refractivity contribution is -0.121. The Kier molecular flexibility index (Phi) is 6.61. The number of amidine groups is 1. The first-order valence-electron chi connectivity index (χ1n) is 8.87. The van der Waals surface area contributed by atoms with Gasteiger partial charge in [-0.1, -0.05) is 35.5 Å². The summed E-state index contributed by atoms with van der Waals surface area (Å²) in [7, 11) is 5.60. The molecule has 1 heterocycles. The largest absolute Gasteiger partial charge is 0.378 e. The van der Waals surface area contributed by atoms with E-state index in [9.17, 15) is 9.59 Å². The van der Waals surface area contributed by atoms with Gasteiger partial charge in [-0.2, -0.15) is 0 Å². The topological polar surface area (TPSA) is 65.0 Å². The van der Waals surface area contributed by atoms with Gasteiger partial charge in [0.25, 0.3) is 5.91 Å². The minimum absolute atomic E-state index is 0.143. The summed E-state index contributed by atoms with van der Waals surface area (Å²) in [6, 6.07) is 14.7. The highest BCUT2D eigenvalue weighted by Crippen LogP contribution is 2.23. The summed E-state index contributed by atoms with van der Waals surface area (Å²) in [5, 5.41) is 3.89. The summed E-state index contributed by atoms with van der Waals surface area (Å²) in [6.45, 7) is 0. The van der Waals surface area contributed by atoms with E-state index in [0.29, 0.717) is 21.6 Å². The number of carbonyl (C=O) groups excluding carboxylic acids is 2. The molecule has 0 radical (unpaired) electrons. The summed E-state index contributed by atoms with van der Waals surface area (Å²) < 4.78 is 0. The van der Waals surface area contributed by atoms with Crippen molar-refractivity contribution >= 4 is 57.8 Å². The third-order valence-electron chi connectivity index (χ3n) is 4.20. The number of nitrogens with zero attached hydrogens (tertiary/aromatic N) is 3. The van der Waals surface area contributed by atoms with Crippen molar-refractivity contribution in [2.45, 2.75) is 0 Å². The Bertz CT molecular complexity index is 969. The van der Waals surface area contributed by atoms with Crippen molar-refractivity contribution in [3.8, 4) is 0 Å². The quantitative estimate of drug-likeness (QED) is 0.732. The van der Waals surface area contributed by atoms with Crippen molar-refractivity contribution < 1.29 is 9.59 Å². The van der Waals surface area contributed by atoms with E-state index in [2.05, 4.69) is 10.3 Å². The van der Waals surface area contributed by atoms with Crippen molar-refractivity contribution in [1.29, 1.82) is 0 Å². The van der Waals surface area contributed by atoms with Crippen LogP contribution < -0.4 is 10.2 Å². The van der Waals surface area contributed by atoms with E-state index in [-0.39, 0.29) is 17.6 Å². The molecule has 6 nitrogen and oxygen atoms in total. The van der Waals surface area contributed by atoms with Crippen LogP contribution in [0, 0.1) is 0 Å². The van der Waals surface area contributed by atoms with Gasteiger partial charge in [0, 0.05) is 37.5 Å². The van der Waals surface area contributed by atoms with E-state index < -0.39 is 0 Å². The molecule has 150 valence electrons. The van der Waals surface area contributed by atoms with Crippen LogP contribution in [0.15, 0.2) is 59.2 Å². The van der Waals surface area contributed by atoms with Crippen LogP contribution in [-0.2, 0) is 9.59 Å². The molecule has 0 saturated heterocycles. The lowest BCUT2D eigenvalue weighted by Gasteiger charge is -2.12. The number of hydrogen-bond donors (Lipinski definition) is 1. The average Bonchev–Trinajstić information content (AvgIpc) is 2.96. The summed E-state index contributed by atoms with van der Waals surface area (Å²) in [5.74, 6) is -0.232. The third kappa shape index (κ3) is 5.40. The molecule has 0 unspecified atom stereocenters. The number of thioether (sulfide) groups is 1. The first-order valence-corrected chi connectivity index (χ1v) is 10.2. The van der Waals surface area contributed by atoms with E-state index >= 15 is 0 Å². The maximum Gasteiger partial charge on any atom is 0.278 e. The van der Waals surface area contributed by atoms with Crippen LogP contribution >= 0.6 is 23.4 Å². The Balaban J connectivity index is 1.64. The van der Waals surface area contributed by atoms with Crippen LogP contribution in [0.3, 0.4) is 0 Å². The van der Waals surface area contributed by atoms with Gasteiger partial charge < -0.3 is 10.2 Å². The van der Waals surface area contributed by atoms with Gasteiger partial charge in [0.2, 0.25) is 5.91 Å². The molecule has 2 aromatic carbocycles. The molecule has 0 saturated carbocycles. The Morgan fingerprint density at radius 1 is 1.17 bits per heavy atom. The SMILES string of the molecule is CN1C(=O)/C(=C\c2ccc(N(C)C)cc2)N=C1SCC(=O)Nc1ccc(Cl)cc1. The van der Waals surface area contributed by atoms with E-state index in [1.807, 2.05) is 43.3 Å². The van der Waals surface area contributed by atoms with Crippen LogP contribution in [0.25, 0.3) is 6.08 Å². The molecule has 0 atom stereocenters. The first-order chi connectivity index (χ1) is 13.8. The van der Waals surface area contributed by atoms with E-state index in [4.69, 9.17) is 11.6 Å². The summed E-state index contributed by atoms with van der Waals surface area (Å²) >= 11 is 7.06. The zero-order chi connectivity index (χ0) is 21.0. The standard InChI is InChI=1S/C21H21ClN4O2S/c1-25(2)17-10-4-14(5-11-17)12-18-20(28)26(3)21(24-18)29-13-19(27)23-16-8-6-15(22)7-9-16/h4-12H,13H2,1-3H3,(H,23,27)/b18-12+. The van der Waals surface area contributed by atoms with Gasteiger partial charge in [0.15, 0.2) is 5.17 Å². The molecule has 29 heavy (non-hydrogen) atoms. The smallest absolute Gasteiger partial charge is 0.278 e. The molecule has 0 spiro atoms. The lowest BCUT2D eigenvalue weighted by atomic mass is 10.1. The summed E-state index contributed by atoms with van der Waals surface area (Å²) in [5.41, 5.74) is 2.99. The maximum atomic E-state index is 12.5. The third-order valence-corrected chi connectivity index (χ3v) is 5.48. The van der Waals surface area contributed by atoms with Gasteiger partial charge in [0.05, 0.1) is 5.75 Å². The molecular formula is C21H21ClN4O2S. The number of aliphatic imine (C=N–C) groups is 1. The first kappa shape index (κ1) is 21.0. The zero-order valence-electron chi connectivity index (χ0n) is 16.3. The minimum atomic E-state index is -0.192. The molecule has 0 aliphatic carbocycles. The minimum Gasteiger partial charge on any atom is -0.378 e. The van der Waals surface area contributed by atoms with Crippen LogP contribution in [0.1, 0.15) is 5.56 Å². The normalized spacial score (nSPS) is 14.9. The van der Waals surface area contributed by atoms with Gasteiger partial charge >= 0.3 is 0 Å². The van der Waals surface area contributed by atoms with Crippen molar-refractivity contribution in [1.82, 2.24) is 4.90 Å². The molecule has 1 aliphatic rings. The van der Waals surface area contributed by atoms with Crippen molar-refractivity contribution in [3.63, 3.8) is 0 Å². The molecule has 0 bridgehead atoms. The molecule has 8 heteroatoms. The number of benzene rings is 2. The predicted molar refractivity (Wildman–Crippen MR) is 121 cm³/mol. The second kappa shape index (κ2) is 9.15.